The third-order valence-corrected chi connectivity index (χ3v) is 3.59. The summed E-state index contributed by atoms with van der Waals surface area (Å²) in [5.74, 6) is 0.820. The lowest BCUT2D eigenvalue weighted by Gasteiger charge is -2.11. The fraction of sp³-hybridized carbons (Fsp3) is 0.278. The van der Waals surface area contributed by atoms with Crippen LogP contribution in [0.5, 0.6) is 5.75 Å². The van der Waals surface area contributed by atoms with Crippen molar-refractivity contribution in [2.24, 2.45) is 0 Å². The molecule has 0 N–H and O–H groups in total. The minimum Gasteiger partial charge on any atom is -0.485 e. The molecular formula is C18H20O2. The third kappa shape index (κ3) is 3.08. The first-order valence-corrected chi connectivity index (χ1v) is 6.78. The number of rotatable bonds is 4. The smallest absolute Gasteiger partial charge is 0.200 e. The predicted octanol–water partition coefficient (Wildman–Crippen LogP) is 4.18. The molecule has 0 aliphatic heterocycles. The zero-order valence-corrected chi connectivity index (χ0v) is 12.5. The molecule has 0 saturated carbocycles. The molecule has 2 heteroatoms. The number of Topliss-reactive ketones (excluding diaryl/α,β-unsaturated/α-hetero) is 1. The number of hydrogen-bond acceptors (Lipinski definition) is 2. The molecule has 0 aliphatic carbocycles. The van der Waals surface area contributed by atoms with E-state index in [2.05, 4.69) is 0 Å². The number of hydrogen-bond donors (Lipinski definition) is 0. The molecule has 0 radical (unpaired) electrons. The van der Waals surface area contributed by atoms with E-state index >= 15 is 0 Å². The van der Waals surface area contributed by atoms with Crippen LogP contribution >= 0.6 is 0 Å². The van der Waals surface area contributed by atoms with Crippen molar-refractivity contribution in [3.63, 3.8) is 0 Å². The van der Waals surface area contributed by atoms with Gasteiger partial charge in [0.15, 0.2) is 12.4 Å². The number of benzene rings is 2. The van der Waals surface area contributed by atoms with Crippen LogP contribution in [0, 0.1) is 27.7 Å². The number of aryl methyl sites for hydroxylation is 4. The summed E-state index contributed by atoms with van der Waals surface area (Å²) in [4.78, 5) is 12.2. The Bertz CT molecular complexity index is 622. The fourth-order valence-electron chi connectivity index (χ4n) is 2.16. The first-order chi connectivity index (χ1) is 9.49. The highest BCUT2D eigenvalue weighted by molar-refractivity contribution is 5.97. The van der Waals surface area contributed by atoms with Crippen molar-refractivity contribution in [3.8, 4) is 5.75 Å². The average Bonchev–Trinajstić information content (AvgIpc) is 2.41. The molecule has 0 heterocycles. The van der Waals surface area contributed by atoms with Gasteiger partial charge in [-0.25, -0.2) is 0 Å². The Kier molecular flexibility index (Phi) is 4.23. The van der Waals surface area contributed by atoms with Gasteiger partial charge in [0.1, 0.15) is 5.75 Å². The van der Waals surface area contributed by atoms with Gasteiger partial charge >= 0.3 is 0 Å². The van der Waals surface area contributed by atoms with E-state index in [-0.39, 0.29) is 12.4 Å². The van der Waals surface area contributed by atoms with Gasteiger partial charge in [-0.05, 0) is 56.0 Å². The van der Waals surface area contributed by atoms with Crippen LogP contribution in [-0.2, 0) is 0 Å². The molecule has 0 aliphatic rings. The van der Waals surface area contributed by atoms with Gasteiger partial charge in [-0.15, -0.1) is 0 Å². The van der Waals surface area contributed by atoms with Crippen molar-refractivity contribution in [1.82, 2.24) is 0 Å². The van der Waals surface area contributed by atoms with Crippen molar-refractivity contribution >= 4 is 5.78 Å². The summed E-state index contributed by atoms with van der Waals surface area (Å²) in [6.45, 7) is 8.11. The number of carbonyl (C=O) groups excluding carboxylic acids is 1. The molecule has 104 valence electrons. The number of para-hydroxylation sites is 1. The predicted molar refractivity (Wildman–Crippen MR) is 81.7 cm³/mol. The number of ether oxygens (including phenoxy) is 1. The summed E-state index contributed by atoms with van der Waals surface area (Å²) >= 11 is 0. The van der Waals surface area contributed by atoms with Crippen LogP contribution in [0.1, 0.15) is 32.6 Å². The van der Waals surface area contributed by atoms with Gasteiger partial charge in [-0.3, -0.25) is 4.79 Å². The van der Waals surface area contributed by atoms with Gasteiger partial charge in [-0.1, -0.05) is 30.3 Å². The van der Waals surface area contributed by atoms with Crippen LogP contribution in [0.15, 0.2) is 36.4 Å². The Morgan fingerprint density at radius 1 is 0.900 bits per heavy atom. The normalized spacial score (nSPS) is 10.4. The first kappa shape index (κ1) is 14.3. The molecule has 0 spiro atoms. The lowest BCUT2D eigenvalue weighted by atomic mass is 10.0. The summed E-state index contributed by atoms with van der Waals surface area (Å²) in [5, 5.41) is 0. The molecule has 2 rings (SSSR count). The fourth-order valence-corrected chi connectivity index (χ4v) is 2.16. The average molecular weight is 268 g/mol. The lowest BCUT2D eigenvalue weighted by Crippen LogP contribution is -2.13. The Balaban J connectivity index is 2.11. The van der Waals surface area contributed by atoms with Gasteiger partial charge in [0.25, 0.3) is 0 Å². The first-order valence-electron chi connectivity index (χ1n) is 6.78. The zero-order chi connectivity index (χ0) is 14.7. The van der Waals surface area contributed by atoms with Gasteiger partial charge < -0.3 is 4.74 Å². The molecule has 0 saturated heterocycles. The highest BCUT2D eigenvalue weighted by atomic mass is 16.5. The van der Waals surface area contributed by atoms with Crippen molar-refractivity contribution in [1.29, 1.82) is 0 Å². The molecule has 0 bridgehead atoms. The van der Waals surface area contributed by atoms with E-state index in [1.54, 1.807) is 0 Å². The highest BCUT2D eigenvalue weighted by Gasteiger charge is 2.10. The SMILES string of the molecule is Cc1ccc(C(=O)COc2c(C)cccc2C)cc1C. The second kappa shape index (κ2) is 5.91. The summed E-state index contributed by atoms with van der Waals surface area (Å²) in [7, 11) is 0. The van der Waals surface area contributed by atoms with Gasteiger partial charge in [-0.2, -0.15) is 0 Å². The molecule has 0 unspecified atom stereocenters. The van der Waals surface area contributed by atoms with E-state index in [1.807, 2.05) is 64.1 Å². The molecule has 2 aromatic rings. The van der Waals surface area contributed by atoms with Crippen LogP contribution in [0.2, 0.25) is 0 Å². The minimum absolute atomic E-state index is 0.00996. The second-order valence-electron chi connectivity index (χ2n) is 5.23. The monoisotopic (exact) mass is 268 g/mol. The van der Waals surface area contributed by atoms with Crippen molar-refractivity contribution < 1.29 is 9.53 Å². The van der Waals surface area contributed by atoms with E-state index in [0.29, 0.717) is 5.56 Å². The molecule has 0 fully saturated rings. The third-order valence-electron chi connectivity index (χ3n) is 3.59. The Hall–Kier alpha value is -2.09. The summed E-state index contributed by atoms with van der Waals surface area (Å²) in [6, 6.07) is 11.7. The molecule has 2 aromatic carbocycles. The van der Waals surface area contributed by atoms with E-state index in [0.717, 1.165) is 22.4 Å². The van der Waals surface area contributed by atoms with Crippen LogP contribution in [-0.4, -0.2) is 12.4 Å². The van der Waals surface area contributed by atoms with Gasteiger partial charge in [0.05, 0.1) is 0 Å². The van der Waals surface area contributed by atoms with Crippen molar-refractivity contribution in [3.05, 3.63) is 64.2 Å². The standard InChI is InChI=1S/C18H20O2/c1-12-8-9-16(10-15(12)4)17(19)11-20-18-13(2)6-5-7-14(18)3/h5-10H,11H2,1-4H3. The van der Waals surface area contributed by atoms with E-state index in [1.165, 1.54) is 5.56 Å². The minimum atomic E-state index is 0.00996. The lowest BCUT2D eigenvalue weighted by molar-refractivity contribution is 0.0920. The maximum absolute atomic E-state index is 12.2. The van der Waals surface area contributed by atoms with E-state index in [4.69, 9.17) is 4.74 Å². The number of carbonyl (C=O) groups is 1. The van der Waals surface area contributed by atoms with Crippen LogP contribution < -0.4 is 4.74 Å². The van der Waals surface area contributed by atoms with E-state index < -0.39 is 0 Å². The number of ketones is 1. The molecule has 0 atom stereocenters. The Morgan fingerprint density at radius 3 is 2.15 bits per heavy atom. The molecular weight excluding hydrogens is 248 g/mol. The van der Waals surface area contributed by atoms with Crippen molar-refractivity contribution in [2.75, 3.05) is 6.61 Å². The molecule has 2 nitrogen and oxygen atoms in total. The summed E-state index contributed by atoms with van der Waals surface area (Å²) < 4.78 is 5.70. The second-order valence-corrected chi connectivity index (χ2v) is 5.23. The highest BCUT2D eigenvalue weighted by Crippen LogP contribution is 2.22. The summed E-state index contributed by atoms with van der Waals surface area (Å²) in [6.07, 6.45) is 0. The largest absolute Gasteiger partial charge is 0.485 e. The molecule has 20 heavy (non-hydrogen) atoms. The van der Waals surface area contributed by atoms with Gasteiger partial charge in [0.2, 0.25) is 0 Å². The van der Waals surface area contributed by atoms with Crippen LogP contribution in [0.25, 0.3) is 0 Å². The molecule has 0 amide bonds. The van der Waals surface area contributed by atoms with Crippen LogP contribution in [0.3, 0.4) is 0 Å². The van der Waals surface area contributed by atoms with Crippen LogP contribution in [0.4, 0.5) is 0 Å². The Labute approximate surface area is 120 Å². The quantitative estimate of drug-likeness (QED) is 0.777. The zero-order valence-electron chi connectivity index (χ0n) is 12.5. The topological polar surface area (TPSA) is 26.3 Å². The Morgan fingerprint density at radius 2 is 1.55 bits per heavy atom. The van der Waals surface area contributed by atoms with Crippen molar-refractivity contribution in [2.45, 2.75) is 27.7 Å². The maximum Gasteiger partial charge on any atom is 0.200 e. The molecule has 0 aromatic heterocycles. The van der Waals surface area contributed by atoms with E-state index in [9.17, 15) is 4.79 Å². The van der Waals surface area contributed by atoms with Gasteiger partial charge in [0, 0.05) is 5.56 Å². The summed E-state index contributed by atoms with van der Waals surface area (Å²) in [5.41, 5.74) is 5.13. The maximum atomic E-state index is 12.2.